The highest BCUT2D eigenvalue weighted by Crippen LogP contribution is 2.08. The SMILES string of the molecule is C/C=C(\C)NC(N)=O.C=C(/C=C\C)SC. The fourth-order valence-electron chi connectivity index (χ4n) is 0.520. The number of hydrogen-bond acceptors (Lipinski definition) is 2. The fourth-order valence-corrected chi connectivity index (χ4v) is 0.793. The van der Waals surface area contributed by atoms with Crippen molar-refractivity contribution in [3.05, 3.63) is 35.4 Å². The van der Waals surface area contributed by atoms with Crippen LogP contribution in [0, 0.1) is 0 Å². The number of carbonyl (C=O) groups is 1. The van der Waals surface area contributed by atoms with Crippen LogP contribution in [-0.4, -0.2) is 12.3 Å². The molecule has 0 aliphatic heterocycles. The molecule has 0 bridgehead atoms. The second-order valence-corrected chi connectivity index (χ2v) is 3.56. The molecular formula is C11H20N2OS. The molecule has 0 spiro atoms. The summed E-state index contributed by atoms with van der Waals surface area (Å²) >= 11 is 1.67. The van der Waals surface area contributed by atoms with Gasteiger partial charge in [-0.2, -0.15) is 0 Å². The van der Waals surface area contributed by atoms with Crippen molar-refractivity contribution in [2.24, 2.45) is 5.73 Å². The lowest BCUT2D eigenvalue weighted by molar-refractivity contribution is 0.251. The lowest BCUT2D eigenvalue weighted by Gasteiger charge is -1.96. The predicted octanol–water partition coefficient (Wildman–Crippen LogP) is 3.02. The highest BCUT2D eigenvalue weighted by molar-refractivity contribution is 8.02. The fraction of sp³-hybridized carbons (Fsp3) is 0.364. The Kier molecular flexibility index (Phi) is 11.8. The highest BCUT2D eigenvalue weighted by Gasteiger charge is 1.87. The van der Waals surface area contributed by atoms with Crippen molar-refractivity contribution in [3.8, 4) is 0 Å². The Labute approximate surface area is 96.5 Å². The first-order valence-electron chi connectivity index (χ1n) is 4.52. The van der Waals surface area contributed by atoms with Crippen LogP contribution in [0.2, 0.25) is 0 Å². The van der Waals surface area contributed by atoms with E-state index in [0.717, 1.165) is 10.6 Å². The average molecular weight is 228 g/mol. The van der Waals surface area contributed by atoms with E-state index in [9.17, 15) is 4.79 Å². The van der Waals surface area contributed by atoms with E-state index in [4.69, 9.17) is 5.73 Å². The maximum Gasteiger partial charge on any atom is 0.316 e. The van der Waals surface area contributed by atoms with Crippen LogP contribution in [0.4, 0.5) is 4.79 Å². The molecule has 15 heavy (non-hydrogen) atoms. The molecular weight excluding hydrogens is 208 g/mol. The monoisotopic (exact) mass is 228 g/mol. The second kappa shape index (κ2) is 10.9. The average Bonchev–Trinajstić information content (AvgIpc) is 2.18. The Hall–Kier alpha value is -1.16. The Bertz CT molecular complexity index is 257. The minimum atomic E-state index is -0.513. The highest BCUT2D eigenvalue weighted by atomic mass is 32.2. The van der Waals surface area contributed by atoms with Crippen molar-refractivity contribution in [3.63, 3.8) is 0 Å². The Morgan fingerprint density at radius 1 is 1.47 bits per heavy atom. The van der Waals surface area contributed by atoms with Gasteiger partial charge in [-0.3, -0.25) is 0 Å². The van der Waals surface area contributed by atoms with Crippen molar-refractivity contribution in [1.82, 2.24) is 5.32 Å². The van der Waals surface area contributed by atoms with Gasteiger partial charge in [0, 0.05) is 5.70 Å². The molecule has 3 nitrogen and oxygen atoms in total. The summed E-state index contributed by atoms with van der Waals surface area (Å²) in [5, 5.41) is 2.39. The number of thioether (sulfide) groups is 1. The minimum Gasteiger partial charge on any atom is -0.351 e. The topological polar surface area (TPSA) is 55.1 Å². The first-order valence-corrected chi connectivity index (χ1v) is 5.75. The molecule has 0 saturated heterocycles. The molecule has 0 aliphatic carbocycles. The van der Waals surface area contributed by atoms with Crippen LogP contribution in [0.15, 0.2) is 35.4 Å². The van der Waals surface area contributed by atoms with Crippen LogP contribution in [0.25, 0.3) is 0 Å². The van der Waals surface area contributed by atoms with Crippen molar-refractivity contribution in [2.45, 2.75) is 20.8 Å². The van der Waals surface area contributed by atoms with Crippen molar-refractivity contribution >= 4 is 17.8 Å². The third-order valence-electron chi connectivity index (χ3n) is 1.37. The molecule has 0 unspecified atom stereocenters. The summed E-state index contributed by atoms with van der Waals surface area (Å²) in [6.07, 6.45) is 7.76. The number of carbonyl (C=O) groups excluding carboxylic acids is 1. The van der Waals surface area contributed by atoms with Gasteiger partial charge in [-0.05, 0) is 31.9 Å². The summed E-state index contributed by atoms with van der Waals surface area (Å²) in [6, 6.07) is -0.513. The first kappa shape index (κ1) is 16.3. The molecule has 0 rings (SSSR count). The van der Waals surface area contributed by atoms with E-state index in [0.29, 0.717) is 0 Å². The summed E-state index contributed by atoms with van der Waals surface area (Å²) < 4.78 is 0. The maximum atomic E-state index is 10.0. The largest absolute Gasteiger partial charge is 0.351 e. The van der Waals surface area contributed by atoms with Gasteiger partial charge in [0.05, 0.1) is 0 Å². The number of allylic oxidation sites excluding steroid dienone is 4. The smallest absolute Gasteiger partial charge is 0.316 e. The normalized spacial score (nSPS) is 10.5. The molecule has 3 N–H and O–H groups in total. The van der Waals surface area contributed by atoms with Crippen LogP contribution in [0.3, 0.4) is 0 Å². The third-order valence-corrected chi connectivity index (χ3v) is 2.03. The van der Waals surface area contributed by atoms with Gasteiger partial charge in [0.15, 0.2) is 0 Å². The Morgan fingerprint density at radius 2 is 2.00 bits per heavy atom. The van der Waals surface area contributed by atoms with E-state index in [2.05, 4.69) is 11.9 Å². The van der Waals surface area contributed by atoms with E-state index in [1.165, 1.54) is 0 Å². The zero-order valence-electron chi connectivity index (χ0n) is 9.83. The van der Waals surface area contributed by atoms with Crippen LogP contribution < -0.4 is 11.1 Å². The summed E-state index contributed by atoms with van der Waals surface area (Å²) in [7, 11) is 0. The number of rotatable bonds is 3. The Morgan fingerprint density at radius 3 is 2.13 bits per heavy atom. The zero-order valence-corrected chi connectivity index (χ0v) is 10.6. The lowest BCUT2D eigenvalue weighted by Crippen LogP contribution is -2.27. The standard InChI is InChI=1S/C6H10S.C5H10N2O/c1-4-5-6(2)7-3;1-3-4(2)7-5(6)8/h4-5H,2H2,1,3H3;3H,1-2H3,(H3,6,7,8)/b5-4-;4-3+. The first-order chi connectivity index (χ1) is 6.97. The van der Waals surface area contributed by atoms with Crippen molar-refractivity contribution in [1.29, 1.82) is 0 Å². The summed E-state index contributed by atoms with van der Waals surface area (Å²) in [6.45, 7) is 9.32. The van der Waals surface area contributed by atoms with Gasteiger partial charge in [-0.15, -0.1) is 11.8 Å². The minimum absolute atomic E-state index is 0.513. The summed E-state index contributed by atoms with van der Waals surface area (Å²) in [5.74, 6) is 0. The number of primary amides is 1. The quantitative estimate of drug-likeness (QED) is 0.729. The van der Waals surface area contributed by atoms with Gasteiger partial charge in [-0.25, -0.2) is 4.79 Å². The van der Waals surface area contributed by atoms with Crippen molar-refractivity contribution in [2.75, 3.05) is 6.26 Å². The molecule has 2 amide bonds. The summed E-state index contributed by atoms with van der Waals surface area (Å²) in [5.41, 5.74) is 5.55. The number of urea groups is 1. The lowest BCUT2D eigenvalue weighted by atomic mass is 10.5. The molecule has 0 saturated carbocycles. The summed E-state index contributed by atoms with van der Waals surface area (Å²) in [4.78, 5) is 11.2. The zero-order chi connectivity index (χ0) is 12.3. The van der Waals surface area contributed by atoms with Gasteiger partial charge in [0.25, 0.3) is 0 Å². The molecule has 0 aromatic heterocycles. The molecule has 0 heterocycles. The van der Waals surface area contributed by atoms with E-state index in [-0.39, 0.29) is 0 Å². The third kappa shape index (κ3) is 15.6. The number of hydrogen-bond donors (Lipinski definition) is 2. The molecule has 0 aromatic carbocycles. The predicted molar refractivity (Wildman–Crippen MR) is 69.6 cm³/mol. The van der Waals surface area contributed by atoms with E-state index < -0.39 is 6.03 Å². The van der Waals surface area contributed by atoms with Gasteiger partial charge in [-0.1, -0.05) is 24.8 Å². The molecule has 0 fully saturated rings. The van der Waals surface area contributed by atoms with Gasteiger partial charge < -0.3 is 11.1 Å². The van der Waals surface area contributed by atoms with Crippen LogP contribution >= 0.6 is 11.8 Å². The van der Waals surface area contributed by atoms with Crippen molar-refractivity contribution < 1.29 is 4.79 Å². The molecule has 86 valence electrons. The van der Waals surface area contributed by atoms with Gasteiger partial charge >= 0.3 is 6.03 Å². The molecule has 0 aromatic rings. The van der Waals surface area contributed by atoms with Crippen LogP contribution in [0.1, 0.15) is 20.8 Å². The van der Waals surface area contributed by atoms with E-state index in [1.54, 1.807) is 24.8 Å². The van der Waals surface area contributed by atoms with Gasteiger partial charge in [0.1, 0.15) is 0 Å². The molecule has 0 radical (unpaired) electrons. The number of nitrogens with two attached hydrogens (primary N) is 1. The molecule has 0 atom stereocenters. The number of nitrogens with one attached hydrogen (secondary N) is 1. The van der Waals surface area contributed by atoms with Crippen LogP contribution in [-0.2, 0) is 0 Å². The van der Waals surface area contributed by atoms with Crippen LogP contribution in [0.5, 0.6) is 0 Å². The van der Waals surface area contributed by atoms with E-state index >= 15 is 0 Å². The molecule has 0 aliphatic rings. The second-order valence-electron chi connectivity index (χ2n) is 2.63. The van der Waals surface area contributed by atoms with Gasteiger partial charge in [0.2, 0.25) is 0 Å². The molecule has 4 heteroatoms. The Balaban J connectivity index is 0. The number of amides is 2. The maximum absolute atomic E-state index is 10.0. The van der Waals surface area contributed by atoms with E-state index in [1.807, 2.05) is 32.3 Å².